The van der Waals surface area contributed by atoms with Gasteiger partial charge < -0.3 is 0 Å². The maximum atomic E-state index is 15.1. The highest BCUT2D eigenvalue weighted by molar-refractivity contribution is 6.44. The maximum Gasteiger partial charge on any atom is 0.281 e. The number of unbranched alkanes of at least 4 members (excludes halogenated alkanes) is 8. The normalized spacial score (nSPS) is 15.4. The Hall–Kier alpha value is -8.64. The molecule has 0 bridgehead atoms. The highest BCUT2D eigenvalue weighted by Crippen LogP contribution is 2.50. The van der Waals surface area contributed by atoms with E-state index in [1.54, 1.807) is 24.3 Å². The third-order valence-electron chi connectivity index (χ3n) is 18.8. The first kappa shape index (κ1) is 51.5. The Labute approximate surface area is 473 Å². The molecule has 0 unspecified atom stereocenters. The van der Waals surface area contributed by atoms with Crippen molar-refractivity contribution < 1.29 is 38.4 Å². The summed E-state index contributed by atoms with van der Waals surface area (Å²) in [6, 6.07) is 28.2. The predicted molar refractivity (Wildman–Crippen MR) is 321 cm³/mol. The zero-order valence-corrected chi connectivity index (χ0v) is 46.8. The molecule has 410 valence electrons. The molecule has 4 aliphatic rings. The number of nitrogens with zero attached hydrogens (tertiary/aromatic N) is 4. The Kier molecular flexibility index (Phi) is 12.3. The number of carbonyl (C=O) groups excluding carboxylic acids is 8. The van der Waals surface area contributed by atoms with Crippen molar-refractivity contribution in [2.45, 2.75) is 143 Å². The minimum absolute atomic E-state index is 0.138. The Morgan fingerprint density at radius 2 is 0.427 bits per heavy atom. The molecule has 14 rings (SSSR count). The minimum Gasteiger partial charge on any atom is -0.271 e. The van der Waals surface area contributed by atoms with Crippen molar-refractivity contribution in [3.8, 4) is 0 Å². The van der Waals surface area contributed by atoms with Gasteiger partial charge >= 0.3 is 0 Å². The molecule has 0 N–H and O–H groups in total. The van der Waals surface area contributed by atoms with E-state index in [0.717, 1.165) is 157 Å². The molecule has 10 aromatic rings. The second kappa shape index (κ2) is 19.5. The molecule has 10 aromatic carbocycles. The van der Waals surface area contributed by atoms with Crippen molar-refractivity contribution in [1.82, 2.24) is 19.8 Å². The van der Waals surface area contributed by atoms with E-state index in [4.69, 9.17) is 0 Å². The molecule has 82 heavy (non-hydrogen) atoms. The molecule has 0 aliphatic carbocycles. The quantitative estimate of drug-likeness (QED) is 0.0336. The van der Waals surface area contributed by atoms with Crippen molar-refractivity contribution in [3.63, 3.8) is 0 Å². The van der Waals surface area contributed by atoms with Crippen molar-refractivity contribution in [2.24, 2.45) is 0 Å². The number of hydrogen-bond acceptors (Lipinski definition) is 8. The number of hydrazine groups is 1. The molecule has 0 radical (unpaired) electrons. The number of amides is 8. The van der Waals surface area contributed by atoms with Crippen LogP contribution in [0, 0.1) is 0 Å². The fourth-order valence-electron chi connectivity index (χ4n) is 14.9. The molecule has 4 heterocycles. The third kappa shape index (κ3) is 7.08. The molecule has 12 nitrogen and oxygen atoms in total. The van der Waals surface area contributed by atoms with Gasteiger partial charge in [0.25, 0.3) is 47.3 Å². The van der Waals surface area contributed by atoms with Crippen molar-refractivity contribution in [2.75, 3.05) is 0 Å². The Morgan fingerprint density at radius 1 is 0.244 bits per heavy atom. The summed E-state index contributed by atoms with van der Waals surface area (Å²) < 4.78 is 0. The molecule has 0 fully saturated rings. The number of rotatable bonds is 19. The Bertz CT molecular complexity index is 3970. The third-order valence-corrected chi connectivity index (χ3v) is 18.8. The van der Waals surface area contributed by atoms with Gasteiger partial charge in [-0.15, -0.1) is 0 Å². The minimum atomic E-state index is -0.832. The highest BCUT2D eigenvalue weighted by atomic mass is 16.2. The largest absolute Gasteiger partial charge is 0.281 e. The molecule has 0 aromatic heterocycles. The van der Waals surface area contributed by atoms with Gasteiger partial charge in [0.1, 0.15) is 0 Å². The number of fused-ring (bicyclic) bond motifs is 4. The van der Waals surface area contributed by atoms with Crippen molar-refractivity contribution in [3.05, 3.63) is 142 Å². The summed E-state index contributed by atoms with van der Waals surface area (Å²) in [6.07, 6.45) is 15.0. The highest BCUT2D eigenvalue weighted by Gasteiger charge is 2.47. The van der Waals surface area contributed by atoms with Crippen LogP contribution in [0.4, 0.5) is 0 Å². The summed E-state index contributed by atoms with van der Waals surface area (Å²) in [4.78, 5) is 122. The van der Waals surface area contributed by atoms with E-state index in [0.29, 0.717) is 64.6 Å². The van der Waals surface area contributed by atoms with E-state index in [-0.39, 0.29) is 58.0 Å². The summed E-state index contributed by atoms with van der Waals surface area (Å²) in [5, 5.41) is 12.1. The molecular formula is C70H62N4O8. The smallest absolute Gasteiger partial charge is 0.271 e. The molecule has 4 aliphatic heterocycles. The molecule has 12 heteroatoms. The van der Waals surface area contributed by atoms with Crippen LogP contribution >= 0.6 is 0 Å². The first-order valence-electron chi connectivity index (χ1n) is 29.9. The van der Waals surface area contributed by atoms with Gasteiger partial charge in [0.05, 0.1) is 22.3 Å². The number of benzene rings is 10. The fourth-order valence-corrected chi connectivity index (χ4v) is 14.9. The summed E-state index contributed by atoms with van der Waals surface area (Å²) >= 11 is 0. The van der Waals surface area contributed by atoms with Crippen LogP contribution in [0.2, 0.25) is 0 Å². The van der Waals surface area contributed by atoms with E-state index < -0.39 is 23.6 Å². The number of imide groups is 4. The summed E-state index contributed by atoms with van der Waals surface area (Å²) in [5.74, 6) is -4.48. The molecule has 8 amide bonds. The van der Waals surface area contributed by atoms with Crippen LogP contribution in [0.5, 0.6) is 0 Å². The van der Waals surface area contributed by atoms with Gasteiger partial charge in [-0.25, -0.2) is 0 Å². The average molecular weight is 1090 g/mol. The van der Waals surface area contributed by atoms with Crippen molar-refractivity contribution >= 4 is 133 Å². The van der Waals surface area contributed by atoms with Crippen LogP contribution in [0.3, 0.4) is 0 Å². The maximum absolute atomic E-state index is 15.1. The lowest BCUT2D eigenvalue weighted by atomic mass is 9.81. The average Bonchev–Trinajstić information content (AvgIpc) is 0.967. The van der Waals surface area contributed by atoms with Gasteiger partial charge in [-0.1, -0.05) is 153 Å². The molecular weight excluding hydrogens is 1020 g/mol. The Balaban J connectivity index is 0.832. The topological polar surface area (TPSA) is 150 Å². The fraction of sp³-hybridized carbons (Fsp3) is 0.314. The second-order valence-corrected chi connectivity index (χ2v) is 23.4. The van der Waals surface area contributed by atoms with Crippen LogP contribution in [0.1, 0.15) is 213 Å². The lowest BCUT2D eigenvalue weighted by Gasteiger charge is -2.37. The van der Waals surface area contributed by atoms with Gasteiger partial charge in [0, 0.05) is 55.9 Å². The van der Waals surface area contributed by atoms with Crippen molar-refractivity contribution in [1.29, 1.82) is 0 Å². The summed E-state index contributed by atoms with van der Waals surface area (Å²) in [7, 11) is 0. The second-order valence-electron chi connectivity index (χ2n) is 23.4. The van der Waals surface area contributed by atoms with E-state index in [1.807, 2.05) is 72.8 Å². The molecule has 0 atom stereocenters. The van der Waals surface area contributed by atoms with Crippen LogP contribution in [0.25, 0.3) is 86.2 Å². The van der Waals surface area contributed by atoms with E-state index in [2.05, 4.69) is 27.7 Å². The van der Waals surface area contributed by atoms with Gasteiger partial charge in [0.2, 0.25) is 0 Å². The van der Waals surface area contributed by atoms with Crippen LogP contribution in [-0.2, 0) is 0 Å². The molecule has 0 saturated heterocycles. The van der Waals surface area contributed by atoms with Gasteiger partial charge in [0.15, 0.2) is 0 Å². The van der Waals surface area contributed by atoms with Crippen LogP contribution in [0.15, 0.2) is 97.1 Å². The SMILES string of the molecule is CCCCCC(CCCCC)N1C(=O)c2ccc3c4ccc5c6c(ccc(c7ccc(c2c37)C1=O)c64)C(=O)N(N1C(=O)c2ccc3c4ccc6c7c(ccc(c8ccc(c2c38)C1=O)c74)C(=O)N(C(CCCCC)CCCCC)C6=O)C5=O. The molecule has 0 saturated carbocycles. The van der Waals surface area contributed by atoms with E-state index in [1.165, 1.54) is 9.80 Å². The number of carbonyl (C=O) groups is 8. The zero-order chi connectivity index (χ0) is 56.6. The summed E-state index contributed by atoms with van der Waals surface area (Å²) in [6.45, 7) is 8.59. The first-order chi connectivity index (χ1) is 39.9. The summed E-state index contributed by atoms with van der Waals surface area (Å²) in [5.41, 5.74) is 2.46. The van der Waals surface area contributed by atoms with Gasteiger partial charge in [-0.3, -0.25) is 48.2 Å². The van der Waals surface area contributed by atoms with E-state index >= 15 is 19.2 Å². The standard InChI is InChI=1S/C70H62N4O8/c1-5-9-13-17-37(18-14-10-6-2)71-63(75)47-29-21-39-43-25-33-51-61-52(34-26-44(57(43)61)40-22-30-48(64(71)76)59(47)55(39)40)68(80)73(67(51)79)74-69(81)53-35-27-45-41-23-31-49-60-50(66(78)72(65(49)77)38(19-15-11-7-3)20-16-12-8-4)32-24-42(56(41)60)46-28-36-54(70(74)82)62(53)58(45)46/h21-38H,5-20H2,1-4H3. The lowest BCUT2D eigenvalue weighted by Crippen LogP contribution is -2.58. The zero-order valence-electron chi connectivity index (χ0n) is 46.8. The van der Waals surface area contributed by atoms with Gasteiger partial charge in [-0.05, 0) is 139 Å². The van der Waals surface area contributed by atoms with Gasteiger partial charge in [-0.2, -0.15) is 10.0 Å². The lowest BCUT2D eigenvalue weighted by molar-refractivity contribution is 0.00213. The van der Waals surface area contributed by atoms with Crippen LogP contribution in [-0.4, -0.2) is 79.2 Å². The molecule has 0 spiro atoms. The first-order valence-corrected chi connectivity index (χ1v) is 29.9. The Morgan fingerprint density at radius 3 is 0.610 bits per heavy atom. The number of hydrogen-bond donors (Lipinski definition) is 0. The monoisotopic (exact) mass is 1090 g/mol. The predicted octanol–water partition coefficient (Wildman–Crippen LogP) is 15.8. The van der Waals surface area contributed by atoms with E-state index in [9.17, 15) is 19.2 Å². The van der Waals surface area contributed by atoms with Crippen LogP contribution < -0.4 is 0 Å².